The van der Waals surface area contributed by atoms with Gasteiger partial charge in [-0.3, -0.25) is 0 Å². The SMILES string of the molecule is COc1ccc(C2(c3ccc(OC)cc3)OC(=O)c3ccccc32)cc1. The van der Waals surface area contributed by atoms with Gasteiger partial charge in [-0.1, -0.05) is 42.5 Å². The fourth-order valence-corrected chi connectivity index (χ4v) is 3.46. The Kier molecular flexibility index (Phi) is 3.88. The highest BCUT2D eigenvalue weighted by molar-refractivity contribution is 5.96. The van der Waals surface area contributed by atoms with E-state index < -0.39 is 5.60 Å². The second-order valence-corrected chi connectivity index (χ2v) is 6.07. The van der Waals surface area contributed by atoms with Crippen molar-refractivity contribution in [3.63, 3.8) is 0 Å². The summed E-state index contributed by atoms with van der Waals surface area (Å²) in [4.78, 5) is 12.6. The molecule has 0 unspecified atom stereocenters. The molecule has 0 saturated carbocycles. The summed E-state index contributed by atoms with van der Waals surface area (Å²) in [7, 11) is 3.25. The van der Waals surface area contributed by atoms with Crippen molar-refractivity contribution in [3.8, 4) is 11.5 Å². The maximum Gasteiger partial charge on any atom is 0.340 e. The van der Waals surface area contributed by atoms with E-state index in [2.05, 4.69) is 0 Å². The Hall–Kier alpha value is -3.27. The van der Waals surface area contributed by atoms with E-state index >= 15 is 0 Å². The maximum atomic E-state index is 12.6. The van der Waals surface area contributed by atoms with E-state index in [1.807, 2.05) is 66.7 Å². The molecule has 1 aliphatic heterocycles. The van der Waals surface area contributed by atoms with E-state index in [0.717, 1.165) is 28.2 Å². The first-order valence-electron chi connectivity index (χ1n) is 8.31. The van der Waals surface area contributed by atoms with Gasteiger partial charge in [0.2, 0.25) is 0 Å². The van der Waals surface area contributed by atoms with Crippen molar-refractivity contribution in [2.24, 2.45) is 0 Å². The third-order valence-electron chi connectivity index (χ3n) is 4.77. The van der Waals surface area contributed by atoms with Crippen molar-refractivity contribution in [2.45, 2.75) is 5.60 Å². The lowest BCUT2D eigenvalue weighted by molar-refractivity contribution is 0.0251. The molecule has 0 radical (unpaired) electrons. The summed E-state index contributed by atoms with van der Waals surface area (Å²) in [5.74, 6) is 1.17. The van der Waals surface area contributed by atoms with E-state index in [-0.39, 0.29) is 5.97 Å². The number of fused-ring (bicyclic) bond motifs is 1. The number of ether oxygens (including phenoxy) is 3. The Morgan fingerprint density at radius 2 is 1.23 bits per heavy atom. The Balaban J connectivity index is 1.96. The normalized spacial score (nSPS) is 14.5. The molecule has 4 rings (SSSR count). The third-order valence-corrected chi connectivity index (χ3v) is 4.77. The second-order valence-electron chi connectivity index (χ2n) is 6.07. The molecule has 0 atom stereocenters. The van der Waals surface area contributed by atoms with Crippen molar-refractivity contribution >= 4 is 5.97 Å². The summed E-state index contributed by atoms with van der Waals surface area (Å²) in [6.07, 6.45) is 0. The van der Waals surface area contributed by atoms with Crippen molar-refractivity contribution in [2.75, 3.05) is 14.2 Å². The molecule has 0 spiro atoms. The van der Waals surface area contributed by atoms with Gasteiger partial charge in [0.1, 0.15) is 11.5 Å². The average molecular weight is 346 g/mol. The van der Waals surface area contributed by atoms with Crippen LogP contribution < -0.4 is 9.47 Å². The van der Waals surface area contributed by atoms with E-state index in [1.54, 1.807) is 20.3 Å². The molecule has 4 nitrogen and oxygen atoms in total. The molecule has 0 aromatic heterocycles. The van der Waals surface area contributed by atoms with Crippen LogP contribution in [0.4, 0.5) is 0 Å². The summed E-state index contributed by atoms with van der Waals surface area (Å²) in [5, 5.41) is 0. The fraction of sp³-hybridized carbons (Fsp3) is 0.136. The topological polar surface area (TPSA) is 44.8 Å². The Bertz CT molecular complexity index is 895. The van der Waals surface area contributed by atoms with Crippen LogP contribution in [0.25, 0.3) is 0 Å². The van der Waals surface area contributed by atoms with Gasteiger partial charge in [0, 0.05) is 16.7 Å². The molecule has 3 aromatic rings. The molecule has 1 heterocycles. The maximum absolute atomic E-state index is 12.6. The van der Waals surface area contributed by atoms with E-state index in [9.17, 15) is 4.79 Å². The molecule has 0 saturated heterocycles. The van der Waals surface area contributed by atoms with Gasteiger partial charge in [0.25, 0.3) is 0 Å². The number of cyclic esters (lactones) is 1. The number of carbonyl (C=O) groups is 1. The zero-order valence-electron chi connectivity index (χ0n) is 14.6. The quantitative estimate of drug-likeness (QED) is 0.665. The molecule has 0 amide bonds. The number of carbonyl (C=O) groups excluding carboxylic acids is 1. The summed E-state index contributed by atoms with van der Waals surface area (Å²) in [5.41, 5.74) is 2.15. The summed E-state index contributed by atoms with van der Waals surface area (Å²) in [6, 6.07) is 22.7. The monoisotopic (exact) mass is 346 g/mol. The first-order valence-corrected chi connectivity index (χ1v) is 8.31. The number of methoxy groups -OCH3 is 2. The van der Waals surface area contributed by atoms with Crippen LogP contribution in [0.2, 0.25) is 0 Å². The predicted octanol–water partition coefficient (Wildman–Crippen LogP) is 4.17. The Labute approximate surface area is 152 Å². The number of hydrogen-bond acceptors (Lipinski definition) is 4. The third kappa shape index (κ3) is 2.34. The first kappa shape index (κ1) is 16.2. The molecule has 130 valence electrons. The van der Waals surface area contributed by atoms with Crippen LogP contribution in [0, 0.1) is 0 Å². The molecule has 0 bridgehead atoms. The lowest BCUT2D eigenvalue weighted by Gasteiger charge is -2.30. The molecule has 0 fully saturated rings. The summed E-state index contributed by atoms with van der Waals surface area (Å²) in [6.45, 7) is 0. The van der Waals surface area contributed by atoms with Crippen molar-refractivity contribution in [1.82, 2.24) is 0 Å². The molecule has 0 N–H and O–H groups in total. The predicted molar refractivity (Wildman–Crippen MR) is 97.7 cm³/mol. The standard InChI is InChI=1S/C22H18O4/c1-24-17-11-7-15(8-12-17)22(16-9-13-18(25-2)14-10-16)20-6-4-3-5-19(20)21(23)26-22/h3-14H,1-2H3. The van der Waals surface area contributed by atoms with Crippen molar-refractivity contribution in [1.29, 1.82) is 0 Å². The van der Waals surface area contributed by atoms with E-state index in [4.69, 9.17) is 14.2 Å². The van der Waals surface area contributed by atoms with Gasteiger partial charge in [0.15, 0.2) is 5.60 Å². The number of hydrogen-bond donors (Lipinski definition) is 0. The Morgan fingerprint density at radius 1 is 0.731 bits per heavy atom. The average Bonchev–Trinajstić information content (AvgIpc) is 3.02. The zero-order chi connectivity index (χ0) is 18.1. The minimum atomic E-state index is -0.994. The van der Waals surface area contributed by atoms with Crippen LogP contribution in [0.3, 0.4) is 0 Å². The summed E-state index contributed by atoms with van der Waals surface area (Å²) >= 11 is 0. The van der Waals surface area contributed by atoms with Gasteiger partial charge in [-0.05, 0) is 30.3 Å². The van der Waals surface area contributed by atoms with Crippen LogP contribution in [-0.2, 0) is 10.3 Å². The summed E-state index contributed by atoms with van der Waals surface area (Å²) < 4.78 is 16.6. The molecule has 1 aliphatic rings. The molecule has 3 aromatic carbocycles. The zero-order valence-corrected chi connectivity index (χ0v) is 14.6. The highest BCUT2D eigenvalue weighted by Gasteiger charge is 2.48. The molecule has 0 aliphatic carbocycles. The highest BCUT2D eigenvalue weighted by atomic mass is 16.6. The molecular formula is C22H18O4. The van der Waals surface area contributed by atoms with Gasteiger partial charge < -0.3 is 14.2 Å². The molecule has 26 heavy (non-hydrogen) atoms. The molecular weight excluding hydrogens is 328 g/mol. The van der Waals surface area contributed by atoms with Crippen LogP contribution in [0.1, 0.15) is 27.0 Å². The largest absolute Gasteiger partial charge is 0.497 e. The fourth-order valence-electron chi connectivity index (χ4n) is 3.46. The van der Waals surface area contributed by atoms with Gasteiger partial charge >= 0.3 is 5.97 Å². The molecule has 4 heteroatoms. The van der Waals surface area contributed by atoms with Gasteiger partial charge in [-0.2, -0.15) is 0 Å². The van der Waals surface area contributed by atoms with Crippen LogP contribution in [-0.4, -0.2) is 20.2 Å². The smallest absolute Gasteiger partial charge is 0.340 e. The Morgan fingerprint density at radius 3 is 1.73 bits per heavy atom. The van der Waals surface area contributed by atoms with Gasteiger partial charge in [0.05, 0.1) is 19.8 Å². The lowest BCUT2D eigenvalue weighted by atomic mass is 9.80. The number of benzene rings is 3. The number of rotatable bonds is 4. The first-order chi connectivity index (χ1) is 12.7. The van der Waals surface area contributed by atoms with Crippen LogP contribution in [0.15, 0.2) is 72.8 Å². The van der Waals surface area contributed by atoms with E-state index in [1.165, 1.54) is 0 Å². The minimum Gasteiger partial charge on any atom is -0.497 e. The lowest BCUT2D eigenvalue weighted by Crippen LogP contribution is -2.29. The highest BCUT2D eigenvalue weighted by Crippen LogP contribution is 2.47. The number of esters is 1. The minimum absolute atomic E-state index is 0.327. The van der Waals surface area contributed by atoms with Crippen molar-refractivity contribution in [3.05, 3.63) is 95.1 Å². The van der Waals surface area contributed by atoms with Crippen LogP contribution in [0.5, 0.6) is 11.5 Å². The van der Waals surface area contributed by atoms with Gasteiger partial charge in [-0.15, -0.1) is 0 Å². The van der Waals surface area contributed by atoms with E-state index in [0.29, 0.717) is 5.56 Å². The second kappa shape index (κ2) is 6.23. The van der Waals surface area contributed by atoms with Crippen LogP contribution >= 0.6 is 0 Å². The van der Waals surface area contributed by atoms with Crippen molar-refractivity contribution < 1.29 is 19.0 Å². The van der Waals surface area contributed by atoms with Gasteiger partial charge in [-0.25, -0.2) is 4.79 Å².